The SMILES string of the molecule is CC(C)(CNCCCCN)c1c[nH]c2ccccc12. The lowest BCUT2D eigenvalue weighted by Gasteiger charge is -2.25. The van der Waals surface area contributed by atoms with Crippen molar-refractivity contribution in [2.45, 2.75) is 32.1 Å². The van der Waals surface area contributed by atoms with Gasteiger partial charge < -0.3 is 16.0 Å². The molecule has 0 aliphatic rings. The first-order valence-electron chi connectivity index (χ1n) is 7.12. The van der Waals surface area contributed by atoms with Crippen LogP contribution in [0.1, 0.15) is 32.3 Å². The summed E-state index contributed by atoms with van der Waals surface area (Å²) in [6.45, 7) is 7.40. The van der Waals surface area contributed by atoms with Crippen molar-refractivity contribution in [3.05, 3.63) is 36.0 Å². The van der Waals surface area contributed by atoms with Gasteiger partial charge in [0.2, 0.25) is 0 Å². The summed E-state index contributed by atoms with van der Waals surface area (Å²) in [6.07, 6.45) is 4.40. The zero-order valence-corrected chi connectivity index (χ0v) is 12.0. The Bertz CT molecular complexity index is 513. The van der Waals surface area contributed by atoms with E-state index in [1.54, 1.807) is 0 Å². The Kier molecular flexibility index (Phi) is 4.61. The van der Waals surface area contributed by atoms with Gasteiger partial charge in [0.1, 0.15) is 0 Å². The molecule has 0 aliphatic carbocycles. The van der Waals surface area contributed by atoms with E-state index in [9.17, 15) is 0 Å². The van der Waals surface area contributed by atoms with Gasteiger partial charge in [-0.05, 0) is 37.6 Å². The van der Waals surface area contributed by atoms with Crippen molar-refractivity contribution in [3.8, 4) is 0 Å². The molecule has 0 unspecified atom stereocenters. The molecule has 1 heterocycles. The van der Waals surface area contributed by atoms with Crippen LogP contribution in [0.4, 0.5) is 0 Å². The minimum Gasteiger partial charge on any atom is -0.361 e. The maximum atomic E-state index is 5.50. The van der Waals surface area contributed by atoms with Crippen LogP contribution in [0.5, 0.6) is 0 Å². The van der Waals surface area contributed by atoms with Crippen molar-refractivity contribution in [2.75, 3.05) is 19.6 Å². The fraction of sp³-hybridized carbons (Fsp3) is 0.500. The molecule has 2 rings (SSSR count). The van der Waals surface area contributed by atoms with Crippen molar-refractivity contribution >= 4 is 10.9 Å². The van der Waals surface area contributed by atoms with E-state index < -0.39 is 0 Å². The first-order valence-corrected chi connectivity index (χ1v) is 7.12. The zero-order chi connectivity index (χ0) is 13.7. The Hall–Kier alpha value is -1.32. The van der Waals surface area contributed by atoms with Crippen LogP contribution >= 0.6 is 0 Å². The Labute approximate surface area is 115 Å². The Balaban J connectivity index is 2.02. The van der Waals surface area contributed by atoms with Crippen molar-refractivity contribution in [1.82, 2.24) is 10.3 Å². The normalized spacial score (nSPS) is 12.2. The van der Waals surface area contributed by atoms with Crippen LogP contribution in [0.3, 0.4) is 0 Å². The number of para-hydroxylation sites is 1. The van der Waals surface area contributed by atoms with Crippen LogP contribution in [-0.4, -0.2) is 24.6 Å². The third kappa shape index (κ3) is 3.37. The highest BCUT2D eigenvalue weighted by Crippen LogP contribution is 2.29. The summed E-state index contributed by atoms with van der Waals surface area (Å²) in [5.74, 6) is 0. The summed E-state index contributed by atoms with van der Waals surface area (Å²) in [6, 6.07) is 8.49. The van der Waals surface area contributed by atoms with Gasteiger partial charge in [-0.25, -0.2) is 0 Å². The number of unbranched alkanes of at least 4 members (excludes halogenated alkanes) is 1. The molecule has 0 atom stereocenters. The molecule has 1 aromatic heterocycles. The van der Waals surface area contributed by atoms with Crippen molar-refractivity contribution in [2.24, 2.45) is 5.73 Å². The number of fused-ring (bicyclic) bond motifs is 1. The minimum absolute atomic E-state index is 0.127. The molecule has 0 aliphatic heterocycles. The van der Waals surface area contributed by atoms with Crippen LogP contribution in [0.25, 0.3) is 10.9 Å². The van der Waals surface area contributed by atoms with E-state index in [0.29, 0.717) is 0 Å². The van der Waals surface area contributed by atoms with Crippen LogP contribution < -0.4 is 11.1 Å². The quantitative estimate of drug-likeness (QED) is 0.670. The van der Waals surface area contributed by atoms with E-state index in [1.807, 2.05) is 0 Å². The molecule has 3 nitrogen and oxygen atoms in total. The summed E-state index contributed by atoms with van der Waals surface area (Å²) in [5, 5.41) is 4.87. The van der Waals surface area contributed by atoms with Gasteiger partial charge in [-0.1, -0.05) is 32.0 Å². The van der Waals surface area contributed by atoms with Crippen LogP contribution in [0, 0.1) is 0 Å². The number of nitrogens with one attached hydrogen (secondary N) is 2. The highest BCUT2D eigenvalue weighted by atomic mass is 14.9. The van der Waals surface area contributed by atoms with Crippen molar-refractivity contribution in [1.29, 1.82) is 0 Å². The number of aromatic amines is 1. The first kappa shape index (κ1) is 14.1. The molecule has 2 aromatic rings. The first-order chi connectivity index (χ1) is 9.15. The Morgan fingerprint density at radius 2 is 2.00 bits per heavy atom. The van der Waals surface area contributed by atoms with Crippen molar-refractivity contribution in [3.63, 3.8) is 0 Å². The molecule has 3 heteroatoms. The number of benzene rings is 1. The second kappa shape index (κ2) is 6.22. The van der Waals surface area contributed by atoms with Crippen LogP contribution in [0.2, 0.25) is 0 Å². The van der Waals surface area contributed by atoms with Gasteiger partial charge in [-0.3, -0.25) is 0 Å². The van der Waals surface area contributed by atoms with Crippen molar-refractivity contribution < 1.29 is 0 Å². The third-order valence-electron chi connectivity index (χ3n) is 3.69. The molecule has 0 radical (unpaired) electrons. The Morgan fingerprint density at radius 1 is 1.21 bits per heavy atom. The minimum atomic E-state index is 0.127. The summed E-state index contributed by atoms with van der Waals surface area (Å²) in [7, 11) is 0. The Morgan fingerprint density at radius 3 is 2.79 bits per heavy atom. The van der Waals surface area contributed by atoms with Gasteiger partial charge in [0.15, 0.2) is 0 Å². The topological polar surface area (TPSA) is 53.8 Å². The molecule has 19 heavy (non-hydrogen) atoms. The monoisotopic (exact) mass is 259 g/mol. The number of hydrogen-bond acceptors (Lipinski definition) is 2. The van der Waals surface area contributed by atoms with E-state index in [-0.39, 0.29) is 5.41 Å². The maximum Gasteiger partial charge on any atom is 0.0457 e. The van der Waals surface area contributed by atoms with Crippen LogP contribution in [0.15, 0.2) is 30.5 Å². The molecule has 0 saturated carbocycles. The largest absolute Gasteiger partial charge is 0.361 e. The molecule has 0 fully saturated rings. The van der Waals surface area contributed by atoms with E-state index in [2.05, 4.69) is 54.6 Å². The van der Waals surface area contributed by atoms with E-state index in [1.165, 1.54) is 16.5 Å². The molecule has 0 bridgehead atoms. The predicted octanol–water partition coefficient (Wildman–Crippen LogP) is 2.77. The van der Waals surface area contributed by atoms with Gasteiger partial charge in [-0.2, -0.15) is 0 Å². The van der Waals surface area contributed by atoms with E-state index in [0.717, 1.165) is 32.5 Å². The average Bonchev–Trinajstić information content (AvgIpc) is 2.83. The maximum absolute atomic E-state index is 5.50. The second-order valence-electron chi connectivity index (χ2n) is 5.80. The molecule has 1 aromatic carbocycles. The number of nitrogens with two attached hydrogens (primary N) is 1. The highest BCUT2D eigenvalue weighted by Gasteiger charge is 2.23. The molecule has 4 N–H and O–H groups in total. The zero-order valence-electron chi connectivity index (χ0n) is 12.0. The van der Waals surface area contributed by atoms with Gasteiger partial charge >= 0.3 is 0 Å². The summed E-state index contributed by atoms with van der Waals surface area (Å²) in [4.78, 5) is 3.36. The van der Waals surface area contributed by atoms with Gasteiger partial charge in [0.25, 0.3) is 0 Å². The molecule has 104 valence electrons. The second-order valence-corrected chi connectivity index (χ2v) is 5.80. The standard InChI is InChI=1S/C16H25N3/c1-16(2,12-18-10-6-5-9-17)14-11-19-15-8-4-3-7-13(14)15/h3-4,7-8,11,18-19H,5-6,9-10,12,17H2,1-2H3. The highest BCUT2D eigenvalue weighted by molar-refractivity contribution is 5.84. The summed E-state index contributed by atoms with van der Waals surface area (Å²) >= 11 is 0. The number of aromatic nitrogens is 1. The molecule has 0 saturated heterocycles. The third-order valence-corrected chi connectivity index (χ3v) is 3.69. The number of hydrogen-bond donors (Lipinski definition) is 3. The number of rotatable bonds is 7. The lowest BCUT2D eigenvalue weighted by Crippen LogP contribution is -2.33. The lowest BCUT2D eigenvalue weighted by molar-refractivity contribution is 0.467. The van der Waals surface area contributed by atoms with Gasteiger partial charge in [0, 0.05) is 29.1 Å². The van der Waals surface area contributed by atoms with Crippen LogP contribution in [-0.2, 0) is 5.41 Å². The average molecular weight is 259 g/mol. The van der Waals surface area contributed by atoms with E-state index in [4.69, 9.17) is 5.73 Å². The molecule has 0 amide bonds. The number of H-pyrrole nitrogens is 1. The fourth-order valence-corrected chi connectivity index (χ4v) is 2.52. The lowest BCUT2D eigenvalue weighted by atomic mass is 9.84. The fourth-order valence-electron chi connectivity index (χ4n) is 2.52. The van der Waals surface area contributed by atoms with Gasteiger partial charge in [-0.15, -0.1) is 0 Å². The summed E-state index contributed by atoms with van der Waals surface area (Å²) in [5.41, 5.74) is 8.23. The smallest absolute Gasteiger partial charge is 0.0457 e. The van der Waals surface area contributed by atoms with Gasteiger partial charge in [0.05, 0.1) is 0 Å². The molecular weight excluding hydrogens is 234 g/mol. The molecular formula is C16H25N3. The summed E-state index contributed by atoms with van der Waals surface area (Å²) < 4.78 is 0. The molecule has 0 spiro atoms. The predicted molar refractivity (Wildman–Crippen MR) is 82.5 cm³/mol. The van der Waals surface area contributed by atoms with E-state index >= 15 is 0 Å².